The zero-order valence-corrected chi connectivity index (χ0v) is 17.8. The van der Waals surface area contributed by atoms with E-state index in [-0.39, 0.29) is 40.4 Å². The molecule has 1 heterocycles. The average Bonchev–Trinajstić information content (AvgIpc) is 2.72. The highest BCUT2D eigenvalue weighted by atomic mass is 35.5. The maximum absolute atomic E-state index is 13.0. The molecular weight excluding hydrogens is 465 g/mol. The maximum Gasteiger partial charge on any atom is 0.416 e. The number of benzene rings is 2. The Bertz CT molecular complexity index is 1230. The van der Waals surface area contributed by atoms with Crippen LogP contribution in [0, 0.1) is 5.92 Å². The molecule has 0 aliphatic heterocycles. The second kappa shape index (κ2) is 9.07. The van der Waals surface area contributed by atoms with Gasteiger partial charge in [-0.05, 0) is 49.2 Å². The molecule has 2 aromatic carbocycles. The highest BCUT2D eigenvalue weighted by Crippen LogP contribution is 2.35. The molecule has 10 heteroatoms. The summed E-state index contributed by atoms with van der Waals surface area (Å²) in [5.74, 6) is -0.445. The molecule has 1 aromatic heterocycles. The lowest BCUT2D eigenvalue weighted by molar-refractivity contribution is -0.151. The molecule has 1 aliphatic rings. The summed E-state index contributed by atoms with van der Waals surface area (Å²) >= 11 is 5.96. The lowest BCUT2D eigenvalue weighted by atomic mass is 9.82. The van der Waals surface area contributed by atoms with Gasteiger partial charge in [0.25, 0.3) is 0 Å². The van der Waals surface area contributed by atoms with Gasteiger partial charge in [-0.15, -0.1) is 0 Å². The van der Waals surface area contributed by atoms with Crippen LogP contribution in [0.1, 0.15) is 18.4 Å². The molecule has 3 aromatic rings. The fraction of sp³-hybridized carbons (Fsp3) is 0.304. The Labute approximate surface area is 190 Å². The van der Waals surface area contributed by atoms with Crippen molar-refractivity contribution in [3.05, 3.63) is 63.3 Å². The summed E-state index contributed by atoms with van der Waals surface area (Å²) in [6.45, 7) is 0.590. The van der Waals surface area contributed by atoms with Crippen molar-refractivity contribution in [2.75, 3.05) is 13.2 Å². The average molecular weight is 483 g/mol. The van der Waals surface area contributed by atoms with Gasteiger partial charge in [-0.25, -0.2) is 0 Å². The first-order valence-corrected chi connectivity index (χ1v) is 10.4. The summed E-state index contributed by atoms with van der Waals surface area (Å²) in [4.78, 5) is 23.2. The monoisotopic (exact) mass is 482 g/mol. The van der Waals surface area contributed by atoms with Gasteiger partial charge < -0.3 is 19.0 Å². The molecule has 0 bridgehead atoms. The summed E-state index contributed by atoms with van der Waals surface area (Å²) in [6, 6.07) is 9.15. The number of rotatable bonds is 7. The van der Waals surface area contributed by atoms with Crippen molar-refractivity contribution in [3.8, 4) is 17.1 Å². The van der Waals surface area contributed by atoms with Crippen molar-refractivity contribution in [1.82, 2.24) is 0 Å². The van der Waals surface area contributed by atoms with Gasteiger partial charge in [-0.1, -0.05) is 11.6 Å². The van der Waals surface area contributed by atoms with Gasteiger partial charge >= 0.3 is 12.1 Å². The molecule has 1 aliphatic carbocycles. The third kappa shape index (κ3) is 5.15. The zero-order chi connectivity index (χ0) is 23.8. The van der Waals surface area contributed by atoms with E-state index in [2.05, 4.69) is 0 Å². The number of alkyl halides is 3. The van der Waals surface area contributed by atoms with Crippen molar-refractivity contribution in [3.63, 3.8) is 0 Å². The van der Waals surface area contributed by atoms with Crippen LogP contribution in [-0.4, -0.2) is 30.4 Å². The first-order valence-electron chi connectivity index (χ1n) is 10.0. The van der Waals surface area contributed by atoms with Crippen molar-refractivity contribution in [2.24, 2.45) is 5.92 Å². The molecule has 0 spiro atoms. The molecule has 6 nitrogen and oxygen atoms in total. The summed E-state index contributed by atoms with van der Waals surface area (Å²) in [6.07, 6.45) is -3.69. The standard InChI is InChI=1S/C23H18ClF3O6/c24-18-10-14(23(25,26)27)9-17-19(28)11-20(33-21(17)18)12-1-3-15(4-2-12)31-5-6-32-16-7-13(8-16)22(29)30/h1-4,9-11,13,16H,5-8H2,(H,29,30). The van der Waals surface area contributed by atoms with E-state index in [1.54, 1.807) is 24.3 Å². The minimum absolute atomic E-state index is 0.0630. The summed E-state index contributed by atoms with van der Waals surface area (Å²) in [7, 11) is 0. The molecule has 0 unspecified atom stereocenters. The third-order valence-corrected chi connectivity index (χ3v) is 5.68. The Morgan fingerprint density at radius 2 is 1.82 bits per heavy atom. The number of ether oxygens (including phenoxy) is 2. The predicted molar refractivity (Wildman–Crippen MR) is 114 cm³/mol. The number of halogens is 4. The van der Waals surface area contributed by atoms with E-state index in [0.717, 1.165) is 18.2 Å². The van der Waals surface area contributed by atoms with Crippen molar-refractivity contribution in [1.29, 1.82) is 0 Å². The van der Waals surface area contributed by atoms with Crippen LogP contribution >= 0.6 is 11.6 Å². The number of fused-ring (bicyclic) bond motifs is 1. The second-order valence-corrected chi connectivity index (χ2v) is 8.09. The first-order chi connectivity index (χ1) is 15.6. The highest BCUT2D eigenvalue weighted by Gasteiger charge is 2.35. The first kappa shape index (κ1) is 23.1. The molecule has 0 atom stereocenters. The molecular formula is C23H18ClF3O6. The normalized spacial score (nSPS) is 18.2. The minimum atomic E-state index is -4.64. The number of carbonyl (C=O) groups is 1. The van der Waals surface area contributed by atoms with Gasteiger partial charge in [0.2, 0.25) is 0 Å². The van der Waals surface area contributed by atoms with E-state index >= 15 is 0 Å². The third-order valence-electron chi connectivity index (χ3n) is 5.40. The molecule has 1 N–H and O–H groups in total. The van der Waals surface area contributed by atoms with Gasteiger partial charge in [-0.2, -0.15) is 13.2 Å². The van der Waals surface area contributed by atoms with Crippen LogP contribution in [0.5, 0.6) is 5.75 Å². The van der Waals surface area contributed by atoms with Gasteiger partial charge in [0.05, 0.1) is 34.6 Å². The van der Waals surface area contributed by atoms with Crippen LogP contribution < -0.4 is 10.2 Å². The van der Waals surface area contributed by atoms with Gasteiger partial charge in [0.15, 0.2) is 11.0 Å². The van der Waals surface area contributed by atoms with Crippen LogP contribution in [0.2, 0.25) is 5.02 Å². The van der Waals surface area contributed by atoms with Gasteiger partial charge in [0, 0.05) is 11.6 Å². The van der Waals surface area contributed by atoms with Gasteiger partial charge in [-0.3, -0.25) is 9.59 Å². The Morgan fingerprint density at radius 1 is 1.12 bits per heavy atom. The topological polar surface area (TPSA) is 86.0 Å². The molecule has 33 heavy (non-hydrogen) atoms. The highest BCUT2D eigenvalue weighted by molar-refractivity contribution is 6.34. The Hall–Kier alpha value is -3.04. The van der Waals surface area contributed by atoms with Crippen molar-refractivity contribution < 1.29 is 37.0 Å². The molecule has 4 rings (SSSR count). The van der Waals surface area contributed by atoms with E-state index in [0.29, 0.717) is 30.8 Å². The van der Waals surface area contributed by atoms with Crippen LogP contribution in [0.15, 0.2) is 51.7 Å². The van der Waals surface area contributed by atoms with E-state index < -0.39 is 23.1 Å². The SMILES string of the molecule is O=C(O)C1CC(OCCOc2ccc(-c3cc(=O)c4cc(C(F)(F)F)cc(Cl)c4o3)cc2)C1. The lowest BCUT2D eigenvalue weighted by Gasteiger charge is -2.31. The summed E-state index contributed by atoms with van der Waals surface area (Å²) < 4.78 is 55.7. The second-order valence-electron chi connectivity index (χ2n) is 7.68. The van der Waals surface area contributed by atoms with E-state index in [1.807, 2.05) is 0 Å². The largest absolute Gasteiger partial charge is 0.491 e. The number of hydrogen-bond acceptors (Lipinski definition) is 5. The van der Waals surface area contributed by atoms with Gasteiger partial charge in [0.1, 0.15) is 18.1 Å². The molecule has 1 fully saturated rings. The molecule has 0 saturated heterocycles. The Kier molecular flexibility index (Phi) is 6.36. The fourth-order valence-electron chi connectivity index (χ4n) is 3.52. The lowest BCUT2D eigenvalue weighted by Crippen LogP contribution is -2.36. The molecule has 0 radical (unpaired) electrons. The van der Waals surface area contributed by atoms with E-state index in [1.165, 1.54) is 0 Å². The van der Waals surface area contributed by atoms with Crippen LogP contribution in [0.3, 0.4) is 0 Å². The smallest absolute Gasteiger partial charge is 0.416 e. The maximum atomic E-state index is 13.0. The number of aliphatic carboxylic acids is 1. The minimum Gasteiger partial charge on any atom is -0.491 e. The van der Waals surface area contributed by atoms with Crippen LogP contribution in [0.4, 0.5) is 13.2 Å². The quantitative estimate of drug-likeness (QED) is 0.454. The molecule has 0 amide bonds. The zero-order valence-electron chi connectivity index (χ0n) is 17.0. The summed E-state index contributed by atoms with van der Waals surface area (Å²) in [5.41, 5.74) is -1.27. The number of hydrogen-bond donors (Lipinski definition) is 1. The number of carboxylic acids is 1. The van der Waals surface area contributed by atoms with Crippen LogP contribution in [0.25, 0.3) is 22.3 Å². The summed E-state index contributed by atoms with van der Waals surface area (Å²) in [5, 5.41) is 8.29. The van der Waals surface area contributed by atoms with Crippen LogP contribution in [-0.2, 0) is 15.7 Å². The van der Waals surface area contributed by atoms with E-state index in [9.17, 15) is 22.8 Å². The Balaban J connectivity index is 1.41. The van der Waals surface area contributed by atoms with Crippen molar-refractivity contribution in [2.45, 2.75) is 25.1 Å². The molecule has 1 saturated carbocycles. The fourth-order valence-corrected chi connectivity index (χ4v) is 3.77. The Morgan fingerprint density at radius 3 is 2.45 bits per heavy atom. The predicted octanol–water partition coefficient (Wildman–Crippen LogP) is 5.39. The van der Waals surface area contributed by atoms with E-state index in [4.69, 9.17) is 30.6 Å². The molecule has 174 valence electrons. The number of carboxylic acid groups (broad SMARTS) is 1. The van der Waals surface area contributed by atoms with Crippen molar-refractivity contribution >= 4 is 28.5 Å².